The summed E-state index contributed by atoms with van der Waals surface area (Å²) in [5.74, 6) is -0.405. The summed E-state index contributed by atoms with van der Waals surface area (Å²) in [5.41, 5.74) is 0.795. The summed E-state index contributed by atoms with van der Waals surface area (Å²) in [7, 11) is 0. The van der Waals surface area contributed by atoms with Crippen LogP contribution < -0.4 is 10.6 Å². The van der Waals surface area contributed by atoms with Crippen molar-refractivity contribution in [2.45, 2.75) is 26.4 Å². The molecule has 0 atom stereocenters. The third-order valence-corrected chi connectivity index (χ3v) is 2.47. The van der Waals surface area contributed by atoms with E-state index >= 15 is 0 Å². The third-order valence-electron chi connectivity index (χ3n) is 2.47. The first-order chi connectivity index (χ1) is 9.81. The van der Waals surface area contributed by atoms with E-state index in [4.69, 9.17) is 4.74 Å². The van der Waals surface area contributed by atoms with Crippen LogP contribution >= 0.6 is 0 Å². The number of benzene rings is 1. The second-order valence-electron chi connectivity index (χ2n) is 5.53. The fraction of sp³-hybridized carbons (Fsp3) is 0.375. The Balaban J connectivity index is 2.52. The van der Waals surface area contributed by atoms with Gasteiger partial charge in [0.1, 0.15) is 6.61 Å². The van der Waals surface area contributed by atoms with E-state index in [2.05, 4.69) is 17.2 Å². The molecule has 0 saturated carbocycles. The number of ether oxygens (including phenoxy) is 1. The molecule has 0 aliphatic carbocycles. The third kappa shape index (κ3) is 6.72. The zero-order valence-electron chi connectivity index (χ0n) is 12.7. The van der Waals surface area contributed by atoms with Gasteiger partial charge in [-0.1, -0.05) is 6.08 Å². The van der Waals surface area contributed by atoms with Gasteiger partial charge in [-0.15, -0.1) is 6.58 Å². The summed E-state index contributed by atoms with van der Waals surface area (Å²) in [4.78, 5) is 23.4. The maximum atomic E-state index is 11.7. The van der Waals surface area contributed by atoms with Crippen molar-refractivity contribution in [2.75, 3.05) is 18.5 Å². The van der Waals surface area contributed by atoms with Crippen LogP contribution in [0.15, 0.2) is 36.9 Å². The molecule has 1 aromatic carbocycles. The molecule has 0 spiro atoms. The quantitative estimate of drug-likeness (QED) is 0.790. The molecule has 2 N–H and O–H groups in total. The van der Waals surface area contributed by atoms with Crippen molar-refractivity contribution in [3.8, 4) is 0 Å². The number of hydrogen-bond donors (Lipinski definition) is 2. The summed E-state index contributed by atoms with van der Waals surface area (Å²) in [5, 5.41) is 5.39. The summed E-state index contributed by atoms with van der Waals surface area (Å²) in [6.45, 7) is 9.60. The van der Waals surface area contributed by atoms with E-state index in [0.717, 1.165) is 0 Å². The van der Waals surface area contributed by atoms with Crippen molar-refractivity contribution in [2.24, 2.45) is 0 Å². The maximum Gasteiger partial charge on any atom is 0.251 e. The lowest BCUT2D eigenvalue weighted by Gasteiger charge is -2.19. The Morgan fingerprint density at radius 1 is 1.24 bits per heavy atom. The number of carbonyl (C=O) groups excluding carboxylic acids is 2. The molecule has 0 bridgehead atoms. The van der Waals surface area contributed by atoms with E-state index < -0.39 is 0 Å². The number of hydrogen-bond acceptors (Lipinski definition) is 3. The summed E-state index contributed by atoms with van der Waals surface area (Å²) >= 11 is 0. The van der Waals surface area contributed by atoms with Crippen LogP contribution in [0.25, 0.3) is 0 Å². The molecule has 21 heavy (non-hydrogen) atoms. The standard InChI is InChI=1S/C16H22N2O3/c1-5-10-17-15(20)12-6-8-13(9-7-12)18-14(19)11-21-16(2,3)4/h5-9H,1,10-11H2,2-4H3,(H,17,20)(H,18,19). The Kier molecular flexibility index (Phi) is 6.11. The average molecular weight is 290 g/mol. The highest BCUT2D eigenvalue weighted by Crippen LogP contribution is 2.11. The van der Waals surface area contributed by atoms with Crippen LogP contribution in [0.5, 0.6) is 0 Å². The molecular formula is C16H22N2O3. The molecule has 5 heteroatoms. The highest BCUT2D eigenvalue weighted by Gasteiger charge is 2.13. The predicted octanol–water partition coefficient (Wildman–Crippen LogP) is 2.36. The maximum absolute atomic E-state index is 11.7. The van der Waals surface area contributed by atoms with Crippen molar-refractivity contribution in [1.29, 1.82) is 0 Å². The molecule has 5 nitrogen and oxygen atoms in total. The Morgan fingerprint density at radius 3 is 2.38 bits per heavy atom. The lowest BCUT2D eigenvalue weighted by Crippen LogP contribution is -2.27. The molecule has 0 aromatic heterocycles. The van der Waals surface area contributed by atoms with E-state index in [1.807, 2.05) is 20.8 Å². The minimum Gasteiger partial charge on any atom is -0.366 e. The first-order valence-electron chi connectivity index (χ1n) is 6.75. The van der Waals surface area contributed by atoms with E-state index in [1.165, 1.54) is 0 Å². The van der Waals surface area contributed by atoms with Crippen LogP contribution in [0, 0.1) is 0 Å². The molecule has 1 aromatic rings. The Hall–Kier alpha value is -2.14. The van der Waals surface area contributed by atoms with E-state index in [0.29, 0.717) is 17.8 Å². The first kappa shape index (κ1) is 16.9. The van der Waals surface area contributed by atoms with Gasteiger partial charge in [-0.25, -0.2) is 0 Å². The van der Waals surface area contributed by atoms with Crippen LogP contribution in [0.3, 0.4) is 0 Å². The summed E-state index contributed by atoms with van der Waals surface area (Å²) in [6, 6.07) is 6.66. The number of nitrogens with one attached hydrogen (secondary N) is 2. The van der Waals surface area contributed by atoms with E-state index in [1.54, 1.807) is 30.3 Å². The Morgan fingerprint density at radius 2 is 1.86 bits per heavy atom. The van der Waals surface area contributed by atoms with Gasteiger partial charge in [-0.05, 0) is 45.0 Å². The van der Waals surface area contributed by atoms with Crippen LogP contribution in [0.2, 0.25) is 0 Å². The number of anilines is 1. The fourth-order valence-corrected chi connectivity index (χ4v) is 1.45. The lowest BCUT2D eigenvalue weighted by atomic mass is 10.2. The average Bonchev–Trinajstić information content (AvgIpc) is 2.42. The Labute approximate surface area is 125 Å². The van der Waals surface area contributed by atoms with Gasteiger partial charge in [0.25, 0.3) is 5.91 Å². The Bertz CT molecular complexity index is 501. The molecule has 0 unspecified atom stereocenters. The van der Waals surface area contributed by atoms with Crippen molar-refractivity contribution < 1.29 is 14.3 Å². The minimum atomic E-state index is -0.357. The molecule has 0 fully saturated rings. The predicted molar refractivity (Wildman–Crippen MR) is 83.3 cm³/mol. The first-order valence-corrected chi connectivity index (χ1v) is 6.75. The van der Waals surface area contributed by atoms with Crippen LogP contribution in [0.1, 0.15) is 31.1 Å². The molecule has 0 heterocycles. The largest absolute Gasteiger partial charge is 0.366 e. The fourth-order valence-electron chi connectivity index (χ4n) is 1.45. The molecular weight excluding hydrogens is 268 g/mol. The normalized spacial score (nSPS) is 10.8. The van der Waals surface area contributed by atoms with Crippen molar-refractivity contribution in [1.82, 2.24) is 5.32 Å². The molecule has 1 rings (SSSR count). The number of amides is 2. The highest BCUT2D eigenvalue weighted by molar-refractivity contribution is 5.96. The van der Waals surface area contributed by atoms with Gasteiger partial charge < -0.3 is 15.4 Å². The second kappa shape index (κ2) is 7.59. The second-order valence-corrected chi connectivity index (χ2v) is 5.53. The monoisotopic (exact) mass is 290 g/mol. The van der Waals surface area contributed by atoms with Gasteiger partial charge in [0.15, 0.2) is 0 Å². The van der Waals surface area contributed by atoms with Crippen molar-refractivity contribution in [3.05, 3.63) is 42.5 Å². The number of rotatable bonds is 6. The van der Waals surface area contributed by atoms with E-state index in [-0.39, 0.29) is 24.0 Å². The van der Waals surface area contributed by atoms with Gasteiger partial charge in [0.2, 0.25) is 5.91 Å². The van der Waals surface area contributed by atoms with Gasteiger partial charge in [-0.3, -0.25) is 9.59 Å². The molecule has 0 radical (unpaired) electrons. The zero-order chi connectivity index (χ0) is 15.9. The number of carbonyl (C=O) groups is 2. The molecule has 0 aliphatic rings. The van der Waals surface area contributed by atoms with Gasteiger partial charge in [0.05, 0.1) is 5.60 Å². The van der Waals surface area contributed by atoms with Gasteiger partial charge in [0, 0.05) is 17.8 Å². The van der Waals surface area contributed by atoms with Crippen molar-refractivity contribution >= 4 is 17.5 Å². The van der Waals surface area contributed by atoms with Crippen LogP contribution in [0.4, 0.5) is 5.69 Å². The van der Waals surface area contributed by atoms with Crippen molar-refractivity contribution in [3.63, 3.8) is 0 Å². The lowest BCUT2D eigenvalue weighted by molar-refractivity contribution is -0.125. The summed E-state index contributed by atoms with van der Waals surface area (Å²) < 4.78 is 5.38. The van der Waals surface area contributed by atoms with Gasteiger partial charge in [-0.2, -0.15) is 0 Å². The summed E-state index contributed by atoms with van der Waals surface area (Å²) in [6.07, 6.45) is 1.61. The van der Waals surface area contributed by atoms with Crippen LogP contribution in [-0.2, 0) is 9.53 Å². The smallest absolute Gasteiger partial charge is 0.251 e. The zero-order valence-corrected chi connectivity index (χ0v) is 12.7. The minimum absolute atomic E-state index is 0.00886. The highest BCUT2D eigenvalue weighted by atomic mass is 16.5. The SMILES string of the molecule is C=CCNC(=O)c1ccc(NC(=O)COC(C)(C)C)cc1. The van der Waals surface area contributed by atoms with Crippen LogP contribution in [-0.4, -0.2) is 30.6 Å². The molecule has 0 saturated heterocycles. The van der Waals surface area contributed by atoms with E-state index in [9.17, 15) is 9.59 Å². The molecule has 0 aliphatic heterocycles. The molecule has 114 valence electrons. The van der Waals surface area contributed by atoms with Gasteiger partial charge >= 0.3 is 0 Å². The molecule has 2 amide bonds. The topological polar surface area (TPSA) is 67.4 Å².